The zero-order valence-corrected chi connectivity index (χ0v) is 9.46. The second kappa shape index (κ2) is 4.62. The number of carbonyl (C=O) groups is 1. The Balaban J connectivity index is 1.84. The van der Waals surface area contributed by atoms with Gasteiger partial charge in [-0.05, 0) is 32.1 Å². The van der Waals surface area contributed by atoms with E-state index in [1.165, 1.54) is 0 Å². The van der Waals surface area contributed by atoms with Crippen LogP contribution in [0.4, 0.5) is 0 Å². The van der Waals surface area contributed by atoms with E-state index in [9.17, 15) is 4.79 Å². The minimum atomic E-state index is -0.000292. The highest BCUT2D eigenvalue weighted by molar-refractivity contribution is 5.75. The Morgan fingerprint density at radius 1 is 1.47 bits per heavy atom. The SMILES string of the molecule is CC(=O)CCC1CCOC2(CCOC2)C1. The number of carbonyl (C=O) groups excluding carboxylic acids is 1. The Bertz CT molecular complexity index is 231. The van der Waals surface area contributed by atoms with Crippen LogP contribution in [-0.4, -0.2) is 31.2 Å². The molecule has 15 heavy (non-hydrogen) atoms. The molecule has 0 aliphatic carbocycles. The van der Waals surface area contributed by atoms with Gasteiger partial charge in [-0.3, -0.25) is 0 Å². The molecule has 2 rings (SSSR count). The van der Waals surface area contributed by atoms with E-state index in [1.54, 1.807) is 6.92 Å². The van der Waals surface area contributed by atoms with E-state index in [4.69, 9.17) is 9.47 Å². The summed E-state index contributed by atoms with van der Waals surface area (Å²) in [5.41, 5.74) is -0.000292. The second-order valence-electron chi connectivity index (χ2n) is 4.93. The van der Waals surface area contributed by atoms with Crippen LogP contribution < -0.4 is 0 Å². The fourth-order valence-corrected chi connectivity index (χ4v) is 2.65. The fraction of sp³-hybridized carbons (Fsp3) is 0.917. The number of ketones is 1. The van der Waals surface area contributed by atoms with Crippen LogP contribution in [0.25, 0.3) is 0 Å². The predicted octanol–water partition coefficient (Wildman–Crippen LogP) is 1.94. The molecular formula is C12H20O3. The summed E-state index contributed by atoms with van der Waals surface area (Å²) in [6, 6.07) is 0. The standard InChI is InChI=1S/C12H20O3/c1-10(13)2-3-11-4-6-15-12(8-11)5-7-14-9-12/h11H,2-9H2,1H3. The van der Waals surface area contributed by atoms with Crippen LogP contribution in [0.2, 0.25) is 0 Å². The van der Waals surface area contributed by atoms with Gasteiger partial charge in [0.1, 0.15) is 5.78 Å². The lowest BCUT2D eigenvalue weighted by atomic mass is 9.82. The van der Waals surface area contributed by atoms with E-state index >= 15 is 0 Å². The number of hydrogen-bond acceptors (Lipinski definition) is 3. The van der Waals surface area contributed by atoms with E-state index < -0.39 is 0 Å². The lowest BCUT2D eigenvalue weighted by molar-refractivity contribution is -0.119. The van der Waals surface area contributed by atoms with E-state index in [0.717, 1.165) is 51.9 Å². The van der Waals surface area contributed by atoms with Crippen molar-refractivity contribution in [2.75, 3.05) is 19.8 Å². The number of ether oxygens (including phenoxy) is 2. The van der Waals surface area contributed by atoms with Crippen LogP contribution >= 0.6 is 0 Å². The van der Waals surface area contributed by atoms with Gasteiger partial charge in [0.2, 0.25) is 0 Å². The quantitative estimate of drug-likeness (QED) is 0.717. The lowest BCUT2D eigenvalue weighted by Crippen LogP contribution is -2.40. The van der Waals surface area contributed by atoms with Crippen molar-refractivity contribution in [2.24, 2.45) is 5.92 Å². The van der Waals surface area contributed by atoms with Crippen LogP contribution in [0.1, 0.15) is 39.0 Å². The molecule has 3 nitrogen and oxygen atoms in total. The predicted molar refractivity (Wildman–Crippen MR) is 56.8 cm³/mol. The van der Waals surface area contributed by atoms with Crippen molar-refractivity contribution in [1.29, 1.82) is 0 Å². The lowest BCUT2D eigenvalue weighted by Gasteiger charge is -2.37. The molecule has 3 heteroatoms. The van der Waals surface area contributed by atoms with Gasteiger partial charge in [0, 0.05) is 26.1 Å². The van der Waals surface area contributed by atoms with E-state index in [2.05, 4.69) is 0 Å². The maximum Gasteiger partial charge on any atom is 0.129 e. The van der Waals surface area contributed by atoms with Crippen LogP contribution in [0.5, 0.6) is 0 Å². The van der Waals surface area contributed by atoms with Gasteiger partial charge in [-0.1, -0.05) is 0 Å². The van der Waals surface area contributed by atoms with Crippen molar-refractivity contribution in [2.45, 2.75) is 44.6 Å². The van der Waals surface area contributed by atoms with Gasteiger partial charge in [-0.2, -0.15) is 0 Å². The molecule has 0 aromatic rings. The first-order valence-electron chi connectivity index (χ1n) is 5.91. The highest BCUT2D eigenvalue weighted by atomic mass is 16.6. The molecule has 0 aromatic carbocycles. The number of Topliss-reactive ketones (excluding diaryl/α,β-unsaturated/α-hetero) is 1. The van der Waals surface area contributed by atoms with Crippen molar-refractivity contribution in [3.05, 3.63) is 0 Å². The highest BCUT2D eigenvalue weighted by Gasteiger charge is 2.40. The van der Waals surface area contributed by atoms with Gasteiger partial charge in [0.05, 0.1) is 12.2 Å². The van der Waals surface area contributed by atoms with Crippen molar-refractivity contribution in [3.63, 3.8) is 0 Å². The summed E-state index contributed by atoms with van der Waals surface area (Å²) < 4.78 is 11.3. The summed E-state index contributed by atoms with van der Waals surface area (Å²) >= 11 is 0. The van der Waals surface area contributed by atoms with E-state index in [-0.39, 0.29) is 5.60 Å². The third-order valence-corrected chi connectivity index (χ3v) is 3.57. The number of rotatable bonds is 3. The average molecular weight is 212 g/mol. The minimum absolute atomic E-state index is 0.000292. The number of hydrogen-bond donors (Lipinski definition) is 0. The summed E-state index contributed by atoms with van der Waals surface area (Å²) in [7, 11) is 0. The van der Waals surface area contributed by atoms with Crippen LogP contribution in [0.15, 0.2) is 0 Å². The van der Waals surface area contributed by atoms with Crippen molar-refractivity contribution in [1.82, 2.24) is 0 Å². The molecule has 0 amide bonds. The third-order valence-electron chi connectivity index (χ3n) is 3.57. The summed E-state index contributed by atoms with van der Waals surface area (Å²) in [4.78, 5) is 10.9. The Kier molecular flexibility index (Phi) is 3.42. The summed E-state index contributed by atoms with van der Waals surface area (Å²) in [5, 5.41) is 0. The molecule has 2 atom stereocenters. The van der Waals surface area contributed by atoms with Crippen LogP contribution in [-0.2, 0) is 14.3 Å². The van der Waals surface area contributed by atoms with Crippen molar-refractivity contribution < 1.29 is 14.3 Å². The van der Waals surface area contributed by atoms with E-state index in [0.29, 0.717) is 11.7 Å². The van der Waals surface area contributed by atoms with Gasteiger partial charge in [-0.15, -0.1) is 0 Å². The Hall–Kier alpha value is -0.410. The maximum absolute atomic E-state index is 10.9. The smallest absolute Gasteiger partial charge is 0.129 e. The first-order chi connectivity index (χ1) is 7.20. The zero-order chi connectivity index (χ0) is 10.7. The summed E-state index contributed by atoms with van der Waals surface area (Å²) in [5.74, 6) is 0.961. The molecule has 86 valence electrons. The largest absolute Gasteiger partial charge is 0.378 e. The van der Waals surface area contributed by atoms with Crippen molar-refractivity contribution in [3.8, 4) is 0 Å². The second-order valence-corrected chi connectivity index (χ2v) is 4.93. The highest BCUT2D eigenvalue weighted by Crippen LogP contribution is 2.37. The minimum Gasteiger partial charge on any atom is -0.378 e. The van der Waals surface area contributed by atoms with Gasteiger partial charge in [0.25, 0.3) is 0 Å². The monoisotopic (exact) mass is 212 g/mol. The van der Waals surface area contributed by atoms with Crippen molar-refractivity contribution >= 4 is 5.78 Å². The molecule has 2 heterocycles. The topological polar surface area (TPSA) is 35.5 Å². The molecule has 2 fully saturated rings. The van der Waals surface area contributed by atoms with Crippen LogP contribution in [0, 0.1) is 5.92 Å². The molecule has 0 saturated carbocycles. The van der Waals surface area contributed by atoms with Crippen LogP contribution in [0.3, 0.4) is 0 Å². The normalized spacial score (nSPS) is 35.9. The zero-order valence-electron chi connectivity index (χ0n) is 9.46. The first-order valence-corrected chi connectivity index (χ1v) is 5.91. The maximum atomic E-state index is 10.9. The molecule has 0 N–H and O–H groups in total. The molecule has 0 aromatic heterocycles. The molecule has 0 bridgehead atoms. The third kappa shape index (κ3) is 2.79. The molecule has 2 aliphatic heterocycles. The fourth-order valence-electron chi connectivity index (χ4n) is 2.65. The van der Waals surface area contributed by atoms with Gasteiger partial charge in [0.15, 0.2) is 0 Å². The van der Waals surface area contributed by atoms with Gasteiger partial charge >= 0.3 is 0 Å². The molecular weight excluding hydrogens is 192 g/mol. The molecule has 2 aliphatic rings. The Labute approximate surface area is 91.1 Å². The van der Waals surface area contributed by atoms with E-state index in [1.807, 2.05) is 0 Å². The van der Waals surface area contributed by atoms with Gasteiger partial charge < -0.3 is 14.3 Å². The molecule has 1 spiro atoms. The average Bonchev–Trinajstić information content (AvgIpc) is 2.63. The molecule has 2 saturated heterocycles. The summed E-state index contributed by atoms with van der Waals surface area (Å²) in [6.45, 7) is 4.10. The van der Waals surface area contributed by atoms with Gasteiger partial charge in [-0.25, -0.2) is 0 Å². The Morgan fingerprint density at radius 2 is 2.33 bits per heavy atom. The molecule has 2 unspecified atom stereocenters. The summed E-state index contributed by atoms with van der Waals surface area (Å²) in [6.07, 6.45) is 4.97. The first kappa shape index (κ1) is 11.1. The molecule has 0 radical (unpaired) electrons. The Morgan fingerprint density at radius 3 is 3.00 bits per heavy atom.